The molecule has 34 heavy (non-hydrogen) atoms. The third-order valence-electron chi connectivity index (χ3n) is 4.92. The predicted molar refractivity (Wildman–Crippen MR) is 130 cm³/mol. The number of benzene rings is 2. The van der Waals surface area contributed by atoms with E-state index in [1.165, 1.54) is 25.1 Å². The van der Waals surface area contributed by atoms with Crippen LogP contribution >= 0.6 is 0 Å². The molecule has 0 aliphatic rings. The van der Waals surface area contributed by atoms with Gasteiger partial charge in [-0.2, -0.15) is 0 Å². The topological polar surface area (TPSA) is 110 Å². The van der Waals surface area contributed by atoms with Crippen LogP contribution in [0.25, 0.3) is 0 Å². The summed E-state index contributed by atoms with van der Waals surface area (Å²) < 4.78 is 38.6. The highest BCUT2D eigenvalue weighted by Crippen LogP contribution is 2.38. The number of aromatic nitrogens is 1. The largest absolute Gasteiger partial charge is 0.495 e. The summed E-state index contributed by atoms with van der Waals surface area (Å²) in [6.45, 7) is 3.91. The lowest BCUT2D eigenvalue weighted by molar-refractivity contribution is -0.119. The van der Waals surface area contributed by atoms with E-state index in [4.69, 9.17) is 9.47 Å². The van der Waals surface area contributed by atoms with E-state index >= 15 is 0 Å². The molecule has 0 aliphatic carbocycles. The van der Waals surface area contributed by atoms with Crippen LogP contribution in [-0.2, 0) is 14.6 Å². The first kappa shape index (κ1) is 24.8. The van der Waals surface area contributed by atoms with Gasteiger partial charge < -0.3 is 14.8 Å². The van der Waals surface area contributed by atoms with Crippen molar-refractivity contribution in [2.45, 2.75) is 23.6 Å². The number of aryl methyl sites for hydroxylation is 1. The van der Waals surface area contributed by atoms with E-state index in [2.05, 4.69) is 15.7 Å². The maximum absolute atomic E-state index is 13.7. The summed E-state index contributed by atoms with van der Waals surface area (Å²) in [4.78, 5) is 15.8. The van der Waals surface area contributed by atoms with Gasteiger partial charge in [-0.3, -0.25) is 20.2 Å². The zero-order chi connectivity index (χ0) is 24.7. The van der Waals surface area contributed by atoms with Gasteiger partial charge in [0.1, 0.15) is 27.9 Å². The van der Waals surface area contributed by atoms with Crippen molar-refractivity contribution in [3.8, 4) is 11.5 Å². The SMILES string of the molecule is COc1ccccc1S(=O)(=O)c1c(C)cc(OCCNc2ccncc2)cc1N(C)NC(C)=O. The van der Waals surface area contributed by atoms with Gasteiger partial charge in [0.15, 0.2) is 0 Å². The van der Waals surface area contributed by atoms with Gasteiger partial charge in [0.2, 0.25) is 15.7 Å². The number of hydrogen-bond donors (Lipinski definition) is 2. The standard InChI is InChI=1S/C24H28N4O5S/c1-17-15-20(33-14-13-26-19-9-11-25-12-10-19)16-21(28(3)27-18(2)29)24(17)34(30,31)23-8-6-5-7-22(23)32-4/h5-12,15-16H,13-14H2,1-4H3,(H,25,26)(H,27,29). The summed E-state index contributed by atoms with van der Waals surface area (Å²) >= 11 is 0. The maximum Gasteiger partial charge on any atom is 0.235 e. The van der Waals surface area contributed by atoms with Crippen LogP contribution in [0.3, 0.4) is 0 Å². The quantitative estimate of drug-likeness (QED) is 0.334. The van der Waals surface area contributed by atoms with Crippen LogP contribution in [-0.4, -0.2) is 46.6 Å². The smallest absolute Gasteiger partial charge is 0.235 e. The molecule has 2 N–H and O–H groups in total. The molecule has 0 bridgehead atoms. The Labute approximate surface area is 199 Å². The highest BCUT2D eigenvalue weighted by molar-refractivity contribution is 7.91. The molecule has 1 amide bonds. The molecule has 9 nitrogen and oxygen atoms in total. The van der Waals surface area contributed by atoms with Crippen molar-refractivity contribution in [2.24, 2.45) is 0 Å². The first-order chi connectivity index (χ1) is 16.2. The number of methoxy groups -OCH3 is 1. The fourth-order valence-electron chi connectivity index (χ4n) is 3.49. The molecule has 2 aromatic carbocycles. The van der Waals surface area contributed by atoms with Gasteiger partial charge in [0.05, 0.1) is 12.8 Å². The summed E-state index contributed by atoms with van der Waals surface area (Å²) in [6, 6.07) is 13.4. The summed E-state index contributed by atoms with van der Waals surface area (Å²) in [7, 11) is -0.999. The van der Waals surface area contributed by atoms with Crippen molar-refractivity contribution in [3.05, 3.63) is 66.5 Å². The normalized spacial score (nSPS) is 10.9. The monoisotopic (exact) mass is 484 g/mol. The van der Waals surface area contributed by atoms with Crippen molar-refractivity contribution < 1.29 is 22.7 Å². The van der Waals surface area contributed by atoms with Crippen LogP contribution in [0.2, 0.25) is 0 Å². The average Bonchev–Trinajstić information content (AvgIpc) is 2.81. The number of nitrogens with one attached hydrogen (secondary N) is 2. The second-order valence-corrected chi connectivity index (χ2v) is 9.34. The first-order valence-electron chi connectivity index (χ1n) is 10.5. The Morgan fingerprint density at radius 2 is 1.82 bits per heavy atom. The Kier molecular flexibility index (Phi) is 7.95. The Morgan fingerprint density at radius 1 is 1.12 bits per heavy atom. The molecule has 0 saturated carbocycles. The molecule has 3 rings (SSSR count). The molecule has 0 fully saturated rings. The van der Waals surface area contributed by atoms with Gasteiger partial charge >= 0.3 is 0 Å². The number of sulfone groups is 1. The van der Waals surface area contributed by atoms with E-state index in [1.807, 2.05) is 12.1 Å². The molecule has 1 aromatic heterocycles. The van der Waals surface area contributed by atoms with Crippen LogP contribution < -0.4 is 25.2 Å². The molecule has 0 aliphatic heterocycles. The van der Waals surface area contributed by atoms with Crippen molar-refractivity contribution in [2.75, 3.05) is 37.6 Å². The third-order valence-corrected chi connectivity index (χ3v) is 6.91. The second-order valence-electron chi connectivity index (χ2n) is 7.48. The lowest BCUT2D eigenvalue weighted by atomic mass is 10.2. The fraction of sp³-hybridized carbons (Fsp3) is 0.250. The van der Waals surface area contributed by atoms with Crippen molar-refractivity contribution in [3.63, 3.8) is 0 Å². The second kappa shape index (κ2) is 10.9. The van der Waals surface area contributed by atoms with Gasteiger partial charge in [-0.1, -0.05) is 12.1 Å². The highest BCUT2D eigenvalue weighted by Gasteiger charge is 2.29. The maximum atomic E-state index is 13.7. The van der Waals surface area contributed by atoms with E-state index in [9.17, 15) is 13.2 Å². The molecule has 0 atom stereocenters. The van der Waals surface area contributed by atoms with Crippen LogP contribution in [0.4, 0.5) is 11.4 Å². The number of carbonyl (C=O) groups excluding carboxylic acids is 1. The van der Waals surface area contributed by atoms with Gasteiger partial charge in [0, 0.05) is 44.7 Å². The van der Waals surface area contributed by atoms with E-state index in [1.54, 1.807) is 56.7 Å². The van der Waals surface area contributed by atoms with Crippen LogP contribution in [0.1, 0.15) is 12.5 Å². The molecule has 3 aromatic rings. The molecule has 1 heterocycles. The van der Waals surface area contributed by atoms with Crippen molar-refractivity contribution in [1.82, 2.24) is 10.4 Å². The minimum atomic E-state index is -3.99. The van der Waals surface area contributed by atoms with E-state index in [-0.39, 0.29) is 27.1 Å². The molecular weight excluding hydrogens is 456 g/mol. The Morgan fingerprint density at radius 3 is 2.50 bits per heavy atom. The third kappa shape index (κ3) is 5.76. The molecule has 0 spiro atoms. The fourth-order valence-corrected chi connectivity index (χ4v) is 5.33. The Balaban J connectivity index is 1.95. The number of ether oxygens (including phenoxy) is 2. The number of amides is 1. The van der Waals surface area contributed by atoms with Gasteiger partial charge in [-0.05, 0) is 42.8 Å². The van der Waals surface area contributed by atoms with Crippen molar-refractivity contribution >= 4 is 27.1 Å². The number of carbonyl (C=O) groups is 1. The van der Waals surface area contributed by atoms with E-state index in [0.717, 1.165) is 5.69 Å². The van der Waals surface area contributed by atoms with Gasteiger partial charge in [0.25, 0.3) is 0 Å². The number of rotatable bonds is 10. The van der Waals surface area contributed by atoms with Crippen LogP contribution in [0.5, 0.6) is 11.5 Å². The van der Waals surface area contributed by atoms with E-state index < -0.39 is 9.84 Å². The number of pyridine rings is 1. The molecule has 10 heteroatoms. The minimum absolute atomic E-state index is 0.0355. The number of para-hydroxylation sites is 1. The average molecular weight is 485 g/mol. The van der Waals surface area contributed by atoms with Crippen LogP contribution in [0, 0.1) is 6.92 Å². The lowest BCUT2D eigenvalue weighted by Gasteiger charge is -2.25. The molecular formula is C24H28N4O5S. The van der Waals surface area contributed by atoms with Crippen LogP contribution in [0.15, 0.2) is 70.7 Å². The zero-order valence-electron chi connectivity index (χ0n) is 19.5. The van der Waals surface area contributed by atoms with Crippen molar-refractivity contribution in [1.29, 1.82) is 0 Å². The molecule has 180 valence electrons. The summed E-state index contributed by atoms with van der Waals surface area (Å²) in [6.07, 6.45) is 3.38. The summed E-state index contributed by atoms with van der Waals surface area (Å²) in [5, 5.41) is 4.60. The number of hydrazine groups is 1. The Bertz CT molecular complexity index is 1250. The minimum Gasteiger partial charge on any atom is -0.495 e. The highest BCUT2D eigenvalue weighted by atomic mass is 32.2. The number of hydrogen-bond acceptors (Lipinski definition) is 8. The zero-order valence-corrected chi connectivity index (χ0v) is 20.3. The first-order valence-corrected chi connectivity index (χ1v) is 12.0. The number of anilines is 2. The molecule has 0 unspecified atom stereocenters. The van der Waals surface area contributed by atoms with Gasteiger partial charge in [-0.25, -0.2) is 8.42 Å². The lowest BCUT2D eigenvalue weighted by Crippen LogP contribution is -2.38. The molecule has 0 radical (unpaired) electrons. The van der Waals surface area contributed by atoms with Gasteiger partial charge in [-0.15, -0.1) is 0 Å². The molecule has 0 saturated heterocycles. The number of nitrogens with zero attached hydrogens (tertiary/aromatic N) is 2. The summed E-state index contributed by atoms with van der Waals surface area (Å²) in [5.41, 5.74) is 4.28. The Hall–Kier alpha value is -3.79. The predicted octanol–water partition coefficient (Wildman–Crippen LogP) is 3.21. The summed E-state index contributed by atoms with van der Waals surface area (Å²) in [5.74, 6) is 0.367. The van der Waals surface area contributed by atoms with E-state index in [0.29, 0.717) is 24.5 Å².